The van der Waals surface area contributed by atoms with E-state index in [1.807, 2.05) is 6.92 Å². The Morgan fingerprint density at radius 1 is 1.25 bits per heavy atom. The van der Waals surface area contributed by atoms with Crippen LogP contribution >= 0.6 is 0 Å². The lowest BCUT2D eigenvalue weighted by Gasteiger charge is -2.28. The lowest BCUT2D eigenvalue weighted by molar-refractivity contribution is 0.0595. The van der Waals surface area contributed by atoms with Crippen molar-refractivity contribution in [2.75, 3.05) is 13.7 Å². The van der Waals surface area contributed by atoms with E-state index in [0.717, 1.165) is 0 Å². The SMILES string of the molecule is COC(C)C(C)NCC(O)C1CCCCC1. The molecule has 1 aliphatic carbocycles. The maximum atomic E-state index is 10.1. The van der Waals surface area contributed by atoms with Crippen molar-refractivity contribution in [1.82, 2.24) is 5.32 Å². The van der Waals surface area contributed by atoms with Crippen LogP contribution in [0, 0.1) is 5.92 Å². The molecule has 0 saturated heterocycles. The molecule has 1 saturated carbocycles. The number of rotatable bonds is 6. The van der Waals surface area contributed by atoms with Crippen molar-refractivity contribution in [3.8, 4) is 0 Å². The van der Waals surface area contributed by atoms with Gasteiger partial charge in [-0.15, -0.1) is 0 Å². The molecule has 2 N–H and O–H groups in total. The number of nitrogens with one attached hydrogen (secondary N) is 1. The Morgan fingerprint density at radius 2 is 1.88 bits per heavy atom. The minimum atomic E-state index is -0.188. The highest BCUT2D eigenvalue weighted by Crippen LogP contribution is 2.26. The summed E-state index contributed by atoms with van der Waals surface area (Å²) >= 11 is 0. The highest BCUT2D eigenvalue weighted by atomic mass is 16.5. The van der Waals surface area contributed by atoms with E-state index in [1.165, 1.54) is 32.1 Å². The zero-order valence-electron chi connectivity index (χ0n) is 10.9. The number of hydrogen-bond acceptors (Lipinski definition) is 3. The average Bonchev–Trinajstić information content (AvgIpc) is 2.35. The van der Waals surface area contributed by atoms with Gasteiger partial charge in [-0.3, -0.25) is 0 Å². The van der Waals surface area contributed by atoms with Gasteiger partial charge in [0.2, 0.25) is 0 Å². The van der Waals surface area contributed by atoms with E-state index >= 15 is 0 Å². The first-order valence-electron chi connectivity index (χ1n) is 6.59. The van der Waals surface area contributed by atoms with Gasteiger partial charge in [0.1, 0.15) is 0 Å². The average molecular weight is 229 g/mol. The second-order valence-electron chi connectivity index (χ2n) is 5.10. The number of hydrogen-bond donors (Lipinski definition) is 2. The molecule has 0 aliphatic heterocycles. The van der Waals surface area contributed by atoms with Crippen molar-refractivity contribution in [2.45, 2.75) is 64.2 Å². The van der Waals surface area contributed by atoms with Crippen molar-refractivity contribution in [3.63, 3.8) is 0 Å². The minimum Gasteiger partial charge on any atom is -0.392 e. The van der Waals surface area contributed by atoms with Crippen LogP contribution in [0.4, 0.5) is 0 Å². The summed E-state index contributed by atoms with van der Waals surface area (Å²) in [5.74, 6) is 0.506. The Morgan fingerprint density at radius 3 is 2.44 bits per heavy atom. The van der Waals surface area contributed by atoms with Gasteiger partial charge in [-0.1, -0.05) is 19.3 Å². The minimum absolute atomic E-state index is 0.188. The second kappa shape index (κ2) is 7.25. The van der Waals surface area contributed by atoms with Crippen LogP contribution in [0.3, 0.4) is 0 Å². The Bertz CT molecular complexity index is 181. The summed E-state index contributed by atoms with van der Waals surface area (Å²) in [5, 5.41) is 13.4. The van der Waals surface area contributed by atoms with Gasteiger partial charge in [-0.25, -0.2) is 0 Å². The molecule has 3 nitrogen and oxygen atoms in total. The Hall–Kier alpha value is -0.120. The van der Waals surface area contributed by atoms with Gasteiger partial charge in [-0.2, -0.15) is 0 Å². The smallest absolute Gasteiger partial charge is 0.0693 e. The maximum Gasteiger partial charge on any atom is 0.0693 e. The summed E-state index contributed by atoms with van der Waals surface area (Å²) in [6.45, 7) is 4.84. The molecule has 0 bridgehead atoms. The first-order chi connectivity index (χ1) is 7.65. The highest BCUT2D eigenvalue weighted by molar-refractivity contribution is 4.77. The van der Waals surface area contributed by atoms with Crippen molar-refractivity contribution in [1.29, 1.82) is 0 Å². The van der Waals surface area contributed by atoms with Gasteiger partial charge in [0.15, 0.2) is 0 Å². The molecule has 0 aromatic rings. The molecule has 1 fully saturated rings. The molecule has 0 spiro atoms. The Kier molecular flexibility index (Phi) is 6.32. The fourth-order valence-electron chi connectivity index (χ4n) is 2.36. The first-order valence-corrected chi connectivity index (χ1v) is 6.59. The van der Waals surface area contributed by atoms with Crippen molar-refractivity contribution in [2.24, 2.45) is 5.92 Å². The van der Waals surface area contributed by atoms with E-state index in [9.17, 15) is 5.11 Å². The summed E-state index contributed by atoms with van der Waals surface area (Å²) in [6.07, 6.45) is 6.30. The van der Waals surface area contributed by atoms with Crippen LogP contribution in [0.5, 0.6) is 0 Å². The van der Waals surface area contributed by atoms with Crippen LogP contribution in [-0.4, -0.2) is 37.0 Å². The number of methoxy groups -OCH3 is 1. The fourth-order valence-corrected chi connectivity index (χ4v) is 2.36. The van der Waals surface area contributed by atoms with E-state index in [0.29, 0.717) is 18.5 Å². The van der Waals surface area contributed by atoms with Gasteiger partial charge >= 0.3 is 0 Å². The van der Waals surface area contributed by atoms with Gasteiger partial charge in [0, 0.05) is 19.7 Å². The monoisotopic (exact) mass is 229 g/mol. The zero-order valence-corrected chi connectivity index (χ0v) is 10.9. The van der Waals surface area contributed by atoms with Crippen LogP contribution < -0.4 is 5.32 Å². The van der Waals surface area contributed by atoms with E-state index in [-0.39, 0.29) is 12.2 Å². The largest absolute Gasteiger partial charge is 0.392 e. The van der Waals surface area contributed by atoms with E-state index < -0.39 is 0 Å². The lowest BCUT2D eigenvalue weighted by Crippen LogP contribution is -2.43. The van der Waals surface area contributed by atoms with Crippen LogP contribution in [0.1, 0.15) is 46.0 Å². The summed E-state index contributed by atoms with van der Waals surface area (Å²) in [4.78, 5) is 0. The predicted molar refractivity (Wildman–Crippen MR) is 66.5 cm³/mol. The van der Waals surface area contributed by atoms with E-state index in [2.05, 4.69) is 12.2 Å². The van der Waals surface area contributed by atoms with Crippen LogP contribution in [0.25, 0.3) is 0 Å². The van der Waals surface area contributed by atoms with Crippen molar-refractivity contribution >= 4 is 0 Å². The van der Waals surface area contributed by atoms with Crippen LogP contribution in [-0.2, 0) is 4.74 Å². The van der Waals surface area contributed by atoms with Crippen molar-refractivity contribution in [3.05, 3.63) is 0 Å². The molecule has 0 aromatic heterocycles. The molecule has 3 unspecified atom stereocenters. The molecule has 96 valence electrons. The molecule has 1 rings (SSSR count). The molecule has 0 amide bonds. The van der Waals surface area contributed by atoms with Gasteiger partial charge in [0.25, 0.3) is 0 Å². The third-order valence-electron chi connectivity index (χ3n) is 3.92. The molecule has 0 heterocycles. The number of ether oxygens (including phenoxy) is 1. The summed E-state index contributed by atoms with van der Waals surface area (Å²) in [7, 11) is 1.72. The van der Waals surface area contributed by atoms with E-state index in [4.69, 9.17) is 4.74 Å². The predicted octanol–water partition coefficient (Wildman–Crippen LogP) is 1.94. The third kappa shape index (κ3) is 4.40. The summed E-state index contributed by atoms with van der Waals surface area (Å²) in [5.41, 5.74) is 0. The normalized spacial score (nSPS) is 24.0. The lowest BCUT2D eigenvalue weighted by atomic mass is 9.85. The van der Waals surface area contributed by atoms with Crippen molar-refractivity contribution < 1.29 is 9.84 Å². The van der Waals surface area contributed by atoms with E-state index in [1.54, 1.807) is 7.11 Å². The standard InChI is InChI=1S/C13H27NO2/c1-10(11(2)16-3)14-9-13(15)12-7-5-4-6-8-12/h10-15H,4-9H2,1-3H3. The van der Waals surface area contributed by atoms with Gasteiger partial charge in [0.05, 0.1) is 12.2 Å². The molecule has 3 atom stereocenters. The molecule has 3 heteroatoms. The summed E-state index contributed by atoms with van der Waals surface area (Å²) in [6, 6.07) is 0.295. The molecular weight excluding hydrogens is 202 g/mol. The number of aliphatic hydroxyl groups is 1. The summed E-state index contributed by atoms with van der Waals surface area (Å²) < 4.78 is 5.25. The molecule has 16 heavy (non-hydrogen) atoms. The van der Waals surface area contributed by atoms with Gasteiger partial charge < -0.3 is 15.2 Å². The van der Waals surface area contributed by atoms with Crippen LogP contribution in [0.2, 0.25) is 0 Å². The zero-order chi connectivity index (χ0) is 12.0. The maximum absolute atomic E-state index is 10.1. The Labute approximate surface area is 99.6 Å². The fraction of sp³-hybridized carbons (Fsp3) is 1.00. The molecule has 1 aliphatic rings. The quantitative estimate of drug-likeness (QED) is 0.731. The third-order valence-corrected chi connectivity index (χ3v) is 3.92. The topological polar surface area (TPSA) is 41.5 Å². The van der Waals surface area contributed by atoms with Crippen LogP contribution in [0.15, 0.2) is 0 Å². The number of aliphatic hydroxyl groups excluding tert-OH is 1. The Balaban J connectivity index is 2.20. The second-order valence-corrected chi connectivity index (χ2v) is 5.10. The molecule has 0 aromatic carbocycles. The molecule has 0 radical (unpaired) electrons. The first kappa shape index (κ1) is 13.9. The highest BCUT2D eigenvalue weighted by Gasteiger charge is 2.22. The van der Waals surface area contributed by atoms with Gasteiger partial charge in [-0.05, 0) is 32.6 Å². The molecular formula is C13H27NO2.